The van der Waals surface area contributed by atoms with Crippen LogP contribution in [0.4, 0.5) is 0 Å². The first kappa shape index (κ1) is 10.3. The molecule has 13 heavy (non-hydrogen) atoms. The van der Waals surface area contributed by atoms with E-state index in [0.717, 1.165) is 5.56 Å². The van der Waals surface area contributed by atoms with Gasteiger partial charge in [0.05, 0.1) is 18.2 Å². The maximum atomic E-state index is 9.55. The molecule has 0 saturated heterocycles. The van der Waals surface area contributed by atoms with E-state index >= 15 is 0 Å². The van der Waals surface area contributed by atoms with Gasteiger partial charge in [0.2, 0.25) is 0 Å². The quantitative estimate of drug-likeness (QED) is 0.839. The highest BCUT2D eigenvalue weighted by Crippen LogP contribution is 2.38. The van der Waals surface area contributed by atoms with Crippen molar-refractivity contribution in [2.75, 3.05) is 7.11 Å². The van der Waals surface area contributed by atoms with Gasteiger partial charge < -0.3 is 14.9 Å². The van der Waals surface area contributed by atoms with Crippen molar-refractivity contribution in [3.8, 4) is 11.5 Å². The molecule has 4 heteroatoms. The van der Waals surface area contributed by atoms with Gasteiger partial charge in [0.1, 0.15) is 0 Å². The third kappa shape index (κ3) is 1.78. The van der Waals surface area contributed by atoms with Crippen molar-refractivity contribution in [2.24, 2.45) is 0 Å². The molecule has 1 aromatic rings. The average Bonchev–Trinajstić information content (AvgIpc) is 2.12. The number of hydrogen-bond acceptors (Lipinski definition) is 3. The van der Waals surface area contributed by atoms with E-state index in [-0.39, 0.29) is 12.4 Å². The average molecular weight is 247 g/mol. The molecule has 0 aromatic heterocycles. The van der Waals surface area contributed by atoms with Gasteiger partial charge in [-0.05, 0) is 40.0 Å². The summed E-state index contributed by atoms with van der Waals surface area (Å²) in [6, 6.07) is 1.69. The van der Waals surface area contributed by atoms with E-state index in [2.05, 4.69) is 15.9 Å². The number of phenolic OH excluding ortho intramolecular Hbond substituents is 1. The fourth-order valence-corrected chi connectivity index (χ4v) is 1.76. The molecule has 1 aromatic carbocycles. The molecular weight excluding hydrogens is 236 g/mol. The van der Waals surface area contributed by atoms with Crippen molar-refractivity contribution >= 4 is 15.9 Å². The van der Waals surface area contributed by atoms with E-state index in [1.54, 1.807) is 6.07 Å². The maximum absolute atomic E-state index is 9.55. The Labute approximate surface area is 85.1 Å². The first-order valence-corrected chi connectivity index (χ1v) is 4.57. The number of benzene rings is 1. The molecule has 0 amide bonds. The summed E-state index contributed by atoms with van der Waals surface area (Å²) < 4.78 is 5.44. The first-order valence-electron chi connectivity index (χ1n) is 3.77. The fraction of sp³-hybridized carbons (Fsp3) is 0.333. The van der Waals surface area contributed by atoms with Crippen LogP contribution >= 0.6 is 15.9 Å². The van der Waals surface area contributed by atoms with Gasteiger partial charge in [-0.15, -0.1) is 0 Å². The SMILES string of the molecule is COc1cc(C)c(CO)c(Br)c1O. The number of aryl methyl sites for hydroxylation is 1. The van der Waals surface area contributed by atoms with Gasteiger partial charge in [-0.2, -0.15) is 0 Å². The van der Waals surface area contributed by atoms with E-state index in [1.807, 2.05) is 6.92 Å². The van der Waals surface area contributed by atoms with Crippen LogP contribution in [0.1, 0.15) is 11.1 Å². The number of rotatable bonds is 2. The van der Waals surface area contributed by atoms with Crippen LogP contribution in [0.5, 0.6) is 11.5 Å². The highest BCUT2D eigenvalue weighted by Gasteiger charge is 2.12. The molecule has 0 aliphatic rings. The number of aliphatic hydroxyl groups is 1. The zero-order chi connectivity index (χ0) is 10.0. The molecule has 0 atom stereocenters. The minimum absolute atomic E-state index is 0.0251. The van der Waals surface area contributed by atoms with Crippen LogP contribution in [-0.2, 0) is 6.61 Å². The normalized spacial score (nSPS) is 10.2. The highest BCUT2D eigenvalue weighted by atomic mass is 79.9. The molecule has 1 rings (SSSR count). The largest absolute Gasteiger partial charge is 0.503 e. The fourth-order valence-electron chi connectivity index (χ4n) is 1.13. The Bertz CT molecular complexity index is 323. The summed E-state index contributed by atoms with van der Waals surface area (Å²) in [7, 11) is 1.49. The van der Waals surface area contributed by atoms with Crippen LogP contribution in [0.3, 0.4) is 0 Å². The predicted molar refractivity (Wildman–Crippen MR) is 53.0 cm³/mol. The second-order valence-electron chi connectivity index (χ2n) is 2.69. The lowest BCUT2D eigenvalue weighted by molar-refractivity contribution is 0.278. The summed E-state index contributed by atoms with van der Waals surface area (Å²) in [5.41, 5.74) is 1.56. The molecule has 0 radical (unpaired) electrons. The molecule has 0 fully saturated rings. The lowest BCUT2D eigenvalue weighted by atomic mass is 10.1. The Morgan fingerprint density at radius 2 is 2.15 bits per heavy atom. The highest BCUT2D eigenvalue weighted by molar-refractivity contribution is 9.10. The van der Waals surface area contributed by atoms with Crippen molar-refractivity contribution in [1.29, 1.82) is 0 Å². The molecule has 0 unspecified atom stereocenters. The molecule has 0 spiro atoms. The molecule has 0 aliphatic heterocycles. The number of methoxy groups -OCH3 is 1. The van der Waals surface area contributed by atoms with Crippen molar-refractivity contribution < 1.29 is 14.9 Å². The maximum Gasteiger partial charge on any atom is 0.172 e. The standard InChI is InChI=1S/C9H11BrO3/c1-5-3-7(13-2)9(12)8(10)6(5)4-11/h3,11-12H,4H2,1-2H3. The zero-order valence-corrected chi connectivity index (χ0v) is 9.05. The number of aromatic hydroxyl groups is 1. The Kier molecular flexibility index (Phi) is 3.17. The van der Waals surface area contributed by atoms with E-state index < -0.39 is 0 Å². The Morgan fingerprint density at radius 3 is 2.62 bits per heavy atom. The molecule has 0 heterocycles. The molecule has 0 saturated carbocycles. The topological polar surface area (TPSA) is 49.7 Å². The van der Waals surface area contributed by atoms with Gasteiger partial charge >= 0.3 is 0 Å². The van der Waals surface area contributed by atoms with Gasteiger partial charge in [-0.1, -0.05) is 0 Å². The van der Waals surface area contributed by atoms with E-state index in [1.165, 1.54) is 7.11 Å². The third-order valence-corrected chi connectivity index (χ3v) is 2.76. The van der Waals surface area contributed by atoms with Crippen molar-refractivity contribution in [3.63, 3.8) is 0 Å². The van der Waals surface area contributed by atoms with E-state index in [0.29, 0.717) is 15.8 Å². The predicted octanol–water partition coefficient (Wildman–Crippen LogP) is 1.96. The summed E-state index contributed by atoms with van der Waals surface area (Å²) in [4.78, 5) is 0. The number of aliphatic hydroxyl groups excluding tert-OH is 1. The van der Waals surface area contributed by atoms with Crippen LogP contribution in [0.25, 0.3) is 0 Å². The minimum atomic E-state index is -0.107. The first-order chi connectivity index (χ1) is 6.11. The summed E-state index contributed by atoms with van der Waals surface area (Å²) >= 11 is 3.19. The Morgan fingerprint density at radius 1 is 1.54 bits per heavy atom. The van der Waals surface area contributed by atoms with Crippen LogP contribution < -0.4 is 4.74 Å². The summed E-state index contributed by atoms with van der Waals surface area (Å²) in [6.07, 6.45) is 0. The van der Waals surface area contributed by atoms with Crippen LogP contribution in [-0.4, -0.2) is 17.3 Å². The summed E-state index contributed by atoms with van der Waals surface area (Å²) in [5, 5.41) is 18.6. The smallest absolute Gasteiger partial charge is 0.172 e. The Hall–Kier alpha value is -0.740. The van der Waals surface area contributed by atoms with Gasteiger partial charge in [-0.3, -0.25) is 0 Å². The molecular formula is C9H11BrO3. The van der Waals surface area contributed by atoms with Crippen LogP contribution in [0.2, 0.25) is 0 Å². The number of hydrogen-bond donors (Lipinski definition) is 2. The molecule has 2 N–H and O–H groups in total. The van der Waals surface area contributed by atoms with Crippen molar-refractivity contribution in [2.45, 2.75) is 13.5 Å². The molecule has 0 aliphatic carbocycles. The van der Waals surface area contributed by atoms with Gasteiger partial charge in [0, 0.05) is 0 Å². The number of halogens is 1. The lowest BCUT2D eigenvalue weighted by Gasteiger charge is -2.11. The van der Waals surface area contributed by atoms with Crippen LogP contribution in [0, 0.1) is 6.92 Å². The minimum Gasteiger partial charge on any atom is -0.503 e. The zero-order valence-electron chi connectivity index (χ0n) is 7.47. The van der Waals surface area contributed by atoms with E-state index in [4.69, 9.17) is 9.84 Å². The van der Waals surface area contributed by atoms with Gasteiger partial charge in [0.25, 0.3) is 0 Å². The summed E-state index contributed by atoms with van der Waals surface area (Å²) in [6.45, 7) is 1.74. The molecule has 72 valence electrons. The second-order valence-corrected chi connectivity index (χ2v) is 3.49. The number of ether oxygens (including phenoxy) is 1. The van der Waals surface area contributed by atoms with Crippen molar-refractivity contribution in [1.82, 2.24) is 0 Å². The van der Waals surface area contributed by atoms with Crippen LogP contribution in [0.15, 0.2) is 10.5 Å². The van der Waals surface area contributed by atoms with Gasteiger partial charge in [0.15, 0.2) is 11.5 Å². The van der Waals surface area contributed by atoms with E-state index in [9.17, 15) is 5.11 Å². The Balaban J connectivity index is 3.37. The monoisotopic (exact) mass is 246 g/mol. The third-order valence-electron chi connectivity index (χ3n) is 1.91. The molecule has 3 nitrogen and oxygen atoms in total. The second kappa shape index (κ2) is 3.98. The number of phenols is 1. The van der Waals surface area contributed by atoms with Gasteiger partial charge in [-0.25, -0.2) is 0 Å². The lowest BCUT2D eigenvalue weighted by Crippen LogP contribution is -1.94. The van der Waals surface area contributed by atoms with Crippen molar-refractivity contribution in [3.05, 3.63) is 21.7 Å². The molecule has 0 bridgehead atoms. The summed E-state index contributed by atoms with van der Waals surface area (Å²) in [5.74, 6) is 0.429.